The van der Waals surface area contributed by atoms with Crippen molar-refractivity contribution in [1.29, 1.82) is 0 Å². The van der Waals surface area contributed by atoms with Crippen molar-refractivity contribution in [2.24, 2.45) is 5.73 Å². The van der Waals surface area contributed by atoms with E-state index in [4.69, 9.17) is 10.3 Å². The van der Waals surface area contributed by atoms with Crippen molar-refractivity contribution in [1.82, 2.24) is 4.98 Å². The predicted octanol–water partition coefficient (Wildman–Crippen LogP) is 0.0250. The van der Waals surface area contributed by atoms with E-state index >= 15 is 0 Å². The summed E-state index contributed by atoms with van der Waals surface area (Å²) >= 11 is 0. The molecule has 1 atom stereocenters. The van der Waals surface area contributed by atoms with Crippen LogP contribution in [0.5, 0.6) is 0 Å². The SMILES string of the molecule is NC(=O)CC(c1ccc(F)cn1)S(=O)(=O)O. The number of rotatable bonds is 4. The fourth-order valence-corrected chi connectivity index (χ4v) is 1.94. The summed E-state index contributed by atoms with van der Waals surface area (Å²) in [5.41, 5.74) is 4.70. The number of carbonyl (C=O) groups is 1. The molecule has 1 unspecified atom stereocenters. The molecule has 1 amide bonds. The molecule has 0 spiro atoms. The Morgan fingerprint density at radius 2 is 2.19 bits per heavy atom. The van der Waals surface area contributed by atoms with E-state index in [0.29, 0.717) is 0 Å². The Morgan fingerprint density at radius 3 is 2.56 bits per heavy atom. The highest BCUT2D eigenvalue weighted by Crippen LogP contribution is 2.22. The average molecular weight is 248 g/mol. The topological polar surface area (TPSA) is 110 Å². The van der Waals surface area contributed by atoms with E-state index in [1.165, 1.54) is 0 Å². The van der Waals surface area contributed by atoms with Crippen molar-refractivity contribution in [3.8, 4) is 0 Å². The minimum Gasteiger partial charge on any atom is -0.370 e. The molecule has 0 aliphatic heterocycles. The molecule has 1 aromatic rings. The van der Waals surface area contributed by atoms with E-state index in [-0.39, 0.29) is 5.69 Å². The smallest absolute Gasteiger partial charge is 0.274 e. The molecule has 8 heteroatoms. The Hall–Kier alpha value is -1.54. The maximum atomic E-state index is 12.5. The molecular weight excluding hydrogens is 239 g/mol. The first-order valence-corrected chi connectivity index (χ1v) is 5.67. The summed E-state index contributed by atoms with van der Waals surface area (Å²) < 4.78 is 43.4. The molecule has 88 valence electrons. The lowest BCUT2D eigenvalue weighted by molar-refractivity contribution is -0.118. The van der Waals surface area contributed by atoms with Gasteiger partial charge in [0.1, 0.15) is 11.1 Å². The van der Waals surface area contributed by atoms with E-state index in [1.54, 1.807) is 0 Å². The number of hydrogen-bond donors (Lipinski definition) is 2. The quantitative estimate of drug-likeness (QED) is 0.730. The van der Waals surface area contributed by atoms with Gasteiger partial charge in [0, 0.05) is 0 Å². The van der Waals surface area contributed by atoms with Crippen LogP contribution in [0.4, 0.5) is 4.39 Å². The number of carbonyl (C=O) groups excluding carboxylic acids is 1. The molecule has 0 aromatic carbocycles. The van der Waals surface area contributed by atoms with Crippen LogP contribution in [0, 0.1) is 5.82 Å². The molecular formula is C8H9FN2O4S. The first kappa shape index (κ1) is 12.5. The second-order valence-corrected chi connectivity index (χ2v) is 4.67. The fraction of sp³-hybridized carbons (Fsp3) is 0.250. The molecule has 0 saturated heterocycles. The number of nitrogens with two attached hydrogens (primary N) is 1. The van der Waals surface area contributed by atoms with Crippen molar-refractivity contribution in [2.75, 3.05) is 0 Å². The summed E-state index contributed by atoms with van der Waals surface area (Å²) in [5.74, 6) is -1.56. The predicted molar refractivity (Wildman–Crippen MR) is 52.3 cm³/mol. The summed E-state index contributed by atoms with van der Waals surface area (Å²) in [6.07, 6.45) is 0.173. The number of pyridine rings is 1. The lowest BCUT2D eigenvalue weighted by Gasteiger charge is -2.10. The monoisotopic (exact) mass is 248 g/mol. The summed E-state index contributed by atoms with van der Waals surface area (Å²) in [7, 11) is -4.51. The number of aromatic nitrogens is 1. The Bertz CT molecular complexity index is 485. The van der Waals surface area contributed by atoms with Gasteiger partial charge >= 0.3 is 0 Å². The van der Waals surface area contributed by atoms with Crippen molar-refractivity contribution in [2.45, 2.75) is 11.7 Å². The van der Waals surface area contributed by atoms with Crippen molar-refractivity contribution >= 4 is 16.0 Å². The van der Waals surface area contributed by atoms with Gasteiger partial charge in [-0.1, -0.05) is 0 Å². The first-order chi connectivity index (χ1) is 7.30. The zero-order chi connectivity index (χ0) is 12.3. The third kappa shape index (κ3) is 3.24. The van der Waals surface area contributed by atoms with Gasteiger partial charge < -0.3 is 5.73 Å². The second-order valence-electron chi connectivity index (χ2n) is 3.08. The normalized spacial score (nSPS) is 13.4. The Balaban J connectivity index is 3.11. The number of nitrogens with zero attached hydrogens (tertiary/aromatic N) is 1. The zero-order valence-corrected chi connectivity index (χ0v) is 8.82. The number of amides is 1. The summed E-state index contributed by atoms with van der Waals surface area (Å²) in [6, 6.07) is 2.04. The van der Waals surface area contributed by atoms with Crippen LogP contribution < -0.4 is 5.73 Å². The molecule has 6 nitrogen and oxygen atoms in total. The Labute approximate surface area is 91.0 Å². The highest BCUT2D eigenvalue weighted by molar-refractivity contribution is 7.86. The fourth-order valence-electron chi connectivity index (χ4n) is 1.12. The van der Waals surface area contributed by atoms with Crippen molar-refractivity contribution in [3.05, 3.63) is 29.8 Å². The van der Waals surface area contributed by atoms with Gasteiger partial charge in [0.05, 0.1) is 18.3 Å². The van der Waals surface area contributed by atoms with Crippen molar-refractivity contribution < 1.29 is 22.2 Å². The highest BCUT2D eigenvalue weighted by Gasteiger charge is 2.28. The van der Waals surface area contributed by atoms with Crippen LogP contribution in [-0.2, 0) is 14.9 Å². The van der Waals surface area contributed by atoms with E-state index in [2.05, 4.69) is 4.98 Å². The van der Waals surface area contributed by atoms with Gasteiger partial charge in [-0.25, -0.2) is 4.39 Å². The van der Waals surface area contributed by atoms with Gasteiger partial charge in [0.2, 0.25) is 5.91 Å². The van der Waals surface area contributed by atoms with Gasteiger partial charge in [-0.05, 0) is 12.1 Å². The molecule has 0 bridgehead atoms. The van der Waals surface area contributed by atoms with Crippen LogP contribution in [0.2, 0.25) is 0 Å². The minimum atomic E-state index is -4.51. The third-order valence-corrected chi connectivity index (χ3v) is 2.95. The molecule has 0 aliphatic carbocycles. The maximum Gasteiger partial charge on any atom is 0.274 e. The van der Waals surface area contributed by atoms with Crippen LogP contribution in [0.25, 0.3) is 0 Å². The van der Waals surface area contributed by atoms with E-state index in [0.717, 1.165) is 18.3 Å². The molecule has 0 aliphatic rings. The molecule has 0 saturated carbocycles. The second kappa shape index (κ2) is 4.54. The van der Waals surface area contributed by atoms with Gasteiger partial charge in [-0.2, -0.15) is 8.42 Å². The summed E-state index contributed by atoms with van der Waals surface area (Å²) in [6.45, 7) is 0. The van der Waals surface area contributed by atoms with Gasteiger partial charge in [0.25, 0.3) is 10.1 Å². The number of halogens is 1. The van der Waals surface area contributed by atoms with Gasteiger partial charge in [-0.3, -0.25) is 14.3 Å². The molecule has 1 heterocycles. The molecule has 16 heavy (non-hydrogen) atoms. The zero-order valence-electron chi connectivity index (χ0n) is 8.00. The van der Waals surface area contributed by atoms with Crippen LogP contribution >= 0.6 is 0 Å². The number of hydrogen-bond acceptors (Lipinski definition) is 4. The van der Waals surface area contributed by atoms with Crippen LogP contribution in [-0.4, -0.2) is 23.9 Å². The standard InChI is InChI=1S/C8H9FN2O4S/c9-5-1-2-6(11-4-5)7(3-8(10)12)16(13,14)15/h1-2,4,7H,3H2,(H2,10,12)(H,13,14,15). The maximum absolute atomic E-state index is 12.5. The molecule has 1 aromatic heterocycles. The van der Waals surface area contributed by atoms with Crippen LogP contribution in [0.3, 0.4) is 0 Å². The molecule has 1 rings (SSSR count). The third-order valence-electron chi connectivity index (χ3n) is 1.83. The van der Waals surface area contributed by atoms with E-state index < -0.39 is 33.5 Å². The lowest BCUT2D eigenvalue weighted by Crippen LogP contribution is -2.21. The van der Waals surface area contributed by atoms with E-state index in [1.807, 2.05) is 0 Å². The molecule has 0 radical (unpaired) electrons. The molecule has 3 N–H and O–H groups in total. The van der Waals surface area contributed by atoms with Crippen molar-refractivity contribution in [3.63, 3.8) is 0 Å². The largest absolute Gasteiger partial charge is 0.370 e. The molecule has 0 fully saturated rings. The van der Waals surface area contributed by atoms with Gasteiger partial charge in [0.15, 0.2) is 0 Å². The summed E-state index contributed by atoms with van der Waals surface area (Å²) in [5, 5.41) is -1.56. The minimum absolute atomic E-state index is 0.136. The Morgan fingerprint density at radius 1 is 1.56 bits per heavy atom. The van der Waals surface area contributed by atoms with Gasteiger partial charge in [-0.15, -0.1) is 0 Å². The summed E-state index contributed by atoms with van der Waals surface area (Å²) in [4.78, 5) is 14.1. The lowest BCUT2D eigenvalue weighted by atomic mass is 10.2. The van der Waals surface area contributed by atoms with Crippen LogP contribution in [0.1, 0.15) is 17.4 Å². The van der Waals surface area contributed by atoms with Crippen LogP contribution in [0.15, 0.2) is 18.3 Å². The highest BCUT2D eigenvalue weighted by atomic mass is 32.2. The first-order valence-electron chi connectivity index (χ1n) is 4.17. The number of primary amides is 1. The average Bonchev–Trinajstić information content (AvgIpc) is 2.14. The Kier molecular flexibility index (Phi) is 3.55. The van der Waals surface area contributed by atoms with E-state index in [9.17, 15) is 17.6 Å².